The average molecular weight is 1170 g/mol. The van der Waals surface area contributed by atoms with E-state index < -0.39 is 58.8 Å². The summed E-state index contributed by atoms with van der Waals surface area (Å²) in [6, 6.07) is 66.5. The molecule has 0 spiro atoms. The number of rotatable bonds is 18. The van der Waals surface area contributed by atoms with Gasteiger partial charge in [-0.3, -0.25) is 14.5 Å². The molecule has 4 aliphatic heterocycles. The molecule has 1 aromatic heterocycles. The lowest BCUT2D eigenvalue weighted by Crippen LogP contribution is -2.71. The maximum Gasteiger partial charge on any atom is 0.431 e. The smallest absolute Gasteiger partial charge is 0.431 e. The van der Waals surface area contributed by atoms with Crippen LogP contribution >= 0.6 is 34.9 Å². The fourth-order valence-corrected chi connectivity index (χ4v) is 13.8. The van der Waals surface area contributed by atoms with Crippen molar-refractivity contribution in [2.45, 2.75) is 36.1 Å². The summed E-state index contributed by atoms with van der Waals surface area (Å²) in [6.07, 6.45) is 1.21. The van der Waals surface area contributed by atoms with Gasteiger partial charge in [0.2, 0.25) is 0 Å². The molecule has 2 atom stereocenters. The number of carbonyl (C=O) groups is 4. The number of aliphatic imine (C=N–C) groups is 1. The Balaban J connectivity index is 0.795. The Morgan fingerprint density at radius 2 is 1.21 bits per heavy atom. The van der Waals surface area contributed by atoms with E-state index in [2.05, 4.69) is 21.3 Å². The minimum atomic E-state index is -1.12. The molecule has 8 aromatic rings. The van der Waals surface area contributed by atoms with Crippen molar-refractivity contribution in [2.75, 3.05) is 16.8 Å². The van der Waals surface area contributed by atoms with E-state index in [4.69, 9.17) is 19.5 Å². The van der Waals surface area contributed by atoms with Crippen LogP contribution in [0.2, 0.25) is 0 Å². The van der Waals surface area contributed by atoms with Gasteiger partial charge >= 0.3 is 12.1 Å². The van der Waals surface area contributed by atoms with Crippen molar-refractivity contribution in [3.63, 3.8) is 0 Å². The highest BCUT2D eigenvalue weighted by molar-refractivity contribution is 8.03. The molecule has 0 unspecified atom stereocenters. The van der Waals surface area contributed by atoms with Crippen molar-refractivity contribution >= 4 is 75.3 Å². The highest BCUT2D eigenvalue weighted by Crippen LogP contribution is 2.45. The normalized spacial score (nSPS) is 16.7. The Bertz CT molecular complexity index is 3700. The molecule has 7 aromatic carbocycles. The third-order valence-corrected chi connectivity index (χ3v) is 17.7. The zero-order chi connectivity index (χ0) is 57.6. The summed E-state index contributed by atoms with van der Waals surface area (Å²) in [6.45, 7) is 1.84. The topological polar surface area (TPSA) is 190 Å². The summed E-state index contributed by atoms with van der Waals surface area (Å²) in [7, 11) is 0. The van der Waals surface area contributed by atoms with Crippen LogP contribution < -0.4 is 16.2 Å². The summed E-state index contributed by atoms with van der Waals surface area (Å²) in [5.74, 6) is -1.24. The van der Waals surface area contributed by atoms with Crippen molar-refractivity contribution in [3.8, 4) is 0 Å². The number of thioether (sulfide) groups is 2. The van der Waals surface area contributed by atoms with E-state index >= 15 is 4.79 Å². The van der Waals surface area contributed by atoms with E-state index in [-0.39, 0.29) is 22.9 Å². The number of carbonyl (C=O) groups excluding carboxylic acids is 4. The van der Waals surface area contributed by atoms with E-state index in [0.29, 0.717) is 27.3 Å². The van der Waals surface area contributed by atoms with Crippen LogP contribution in [0.25, 0.3) is 0 Å². The van der Waals surface area contributed by atoms with Gasteiger partial charge in [-0.05, 0) is 57.5 Å². The molecule has 4 N–H and O–H groups in total. The molecule has 4 aliphatic rings. The largest absolute Gasteiger partial charge is 0.448 e. The first-order chi connectivity index (χ1) is 41.2. The molecule has 5 heterocycles. The second kappa shape index (κ2) is 24.5. The summed E-state index contributed by atoms with van der Waals surface area (Å²) < 4.78 is 12.6. The number of aromatic nitrogens is 1. The van der Waals surface area contributed by atoms with Gasteiger partial charge in [-0.1, -0.05) is 217 Å². The first kappa shape index (κ1) is 55.0. The van der Waals surface area contributed by atoms with Crippen LogP contribution in [0.4, 0.5) is 9.93 Å². The van der Waals surface area contributed by atoms with Crippen molar-refractivity contribution in [3.05, 3.63) is 297 Å². The number of benzene rings is 7. The number of β-lactam (4-membered cyclic amide) rings is 1. The monoisotopic (exact) mass is 1170 g/mol. The van der Waals surface area contributed by atoms with Crippen molar-refractivity contribution in [2.24, 2.45) is 10.1 Å². The molecular formula is C65H53N9O7S3. The molecule has 19 heteroatoms. The lowest BCUT2D eigenvalue weighted by molar-refractivity contribution is -0.154. The maximum atomic E-state index is 15.1. The predicted molar refractivity (Wildman–Crippen MR) is 326 cm³/mol. The standard InChI is InChI=1S/C65H53N9O7S3/c1-42-37-53(74-52(66-42)38-72(71-74)64(78)81-58(45-27-13-4-14-28-45)46-29-15-5-16-30-46)82-39-47-40-83-61-55(60(76)73(61)56(47)62(77)80-57(43-23-9-2-10-24-43)44-25-11-3-12-26-44)68-59(75)54(70-79)51-41-84-63(67-51)69-65(48-31-17-6-18-32-48,49-33-19-7-20-34-49)50-35-21-8-22-36-50/h2-38,41,55,57-58,61,71,79H,39-40H2,1H3,(H,67,69)(H,68,75)/b70-54-/t55-,61-/m1/s1. The lowest BCUT2D eigenvalue weighted by Gasteiger charge is -2.49. The number of hydrogen-bond acceptors (Lipinski definition) is 16. The van der Waals surface area contributed by atoms with Crippen LogP contribution in [0.1, 0.15) is 63.8 Å². The van der Waals surface area contributed by atoms with E-state index in [0.717, 1.165) is 38.9 Å². The zero-order valence-corrected chi connectivity index (χ0v) is 47.4. The number of hydrogen-bond donors (Lipinski definition) is 4. The summed E-state index contributed by atoms with van der Waals surface area (Å²) >= 11 is 3.97. The van der Waals surface area contributed by atoms with Crippen LogP contribution in [0, 0.1) is 0 Å². The number of fused-ring (bicyclic) bond motifs is 2. The van der Waals surface area contributed by atoms with Gasteiger partial charge in [0, 0.05) is 22.6 Å². The van der Waals surface area contributed by atoms with E-state index in [9.17, 15) is 19.6 Å². The average Bonchev–Trinajstić information content (AvgIpc) is 3.83. The lowest BCUT2D eigenvalue weighted by atomic mass is 9.77. The second-order valence-corrected chi connectivity index (χ2v) is 22.7. The van der Waals surface area contributed by atoms with Crippen molar-refractivity contribution in [1.82, 2.24) is 30.8 Å². The van der Waals surface area contributed by atoms with Gasteiger partial charge < -0.3 is 25.3 Å². The Kier molecular flexibility index (Phi) is 16.1. The Hall–Kier alpha value is -9.53. The van der Waals surface area contributed by atoms with Crippen LogP contribution in [-0.2, 0) is 29.4 Å². The minimum Gasteiger partial charge on any atom is -0.448 e. The van der Waals surface area contributed by atoms with Crippen LogP contribution in [0.5, 0.6) is 0 Å². The predicted octanol–water partition coefficient (Wildman–Crippen LogP) is 11.5. The molecule has 1 fully saturated rings. The third kappa shape index (κ3) is 11.1. The first-order valence-corrected chi connectivity index (χ1v) is 29.8. The van der Waals surface area contributed by atoms with Gasteiger partial charge in [-0.25, -0.2) is 24.6 Å². The number of anilines is 1. The van der Waals surface area contributed by atoms with Gasteiger partial charge in [-0.2, -0.15) is 5.01 Å². The molecule has 1 saturated heterocycles. The van der Waals surface area contributed by atoms with E-state index in [1.165, 1.54) is 44.8 Å². The highest BCUT2D eigenvalue weighted by atomic mass is 32.2. The second-order valence-electron chi connectivity index (χ2n) is 19.8. The molecule has 0 radical (unpaired) electrons. The molecule has 12 rings (SSSR count). The molecule has 418 valence electrons. The summed E-state index contributed by atoms with van der Waals surface area (Å²) in [4.78, 5) is 69.0. The number of hydrazine groups is 2. The van der Waals surface area contributed by atoms with Gasteiger partial charge in [0.25, 0.3) is 11.8 Å². The van der Waals surface area contributed by atoms with Gasteiger partial charge in [-0.15, -0.1) is 40.4 Å². The molecule has 16 nitrogen and oxygen atoms in total. The molecule has 0 saturated carbocycles. The fourth-order valence-electron chi connectivity index (χ4n) is 10.5. The summed E-state index contributed by atoms with van der Waals surface area (Å²) in [5.41, 5.74) is 9.03. The number of amides is 3. The first-order valence-electron chi connectivity index (χ1n) is 26.9. The minimum absolute atomic E-state index is 0.0497. The molecule has 0 aliphatic carbocycles. The van der Waals surface area contributed by atoms with Crippen LogP contribution in [0.15, 0.2) is 262 Å². The van der Waals surface area contributed by atoms with Gasteiger partial charge in [0.1, 0.15) is 28.3 Å². The SMILES string of the molecule is CC1=NC2=CN(C(=O)OC(c3ccccc3)c3ccccc3)NN2C(SCC2=C(C(=O)OC(c3ccccc3)c3ccccc3)N3C(=O)[C@@H](NC(=O)/C(=N\O)c4csc(NC(c5ccccc5)(c5ccccc5)c5ccccc5)n4)[C@H]3SC2)=C1. The molecular weight excluding hydrogens is 1110 g/mol. The van der Waals surface area contributed by atoms with Crippen LogP contribution in [-0.4, -0.2) is 83.3 Å². The summed E-state index contributed by atoms with van der Waals surface area (Å²) in [5, 5.41) is 25.3. The zero-order valence-electron chi connectivity index (χ0n) is 45.0. The Morgan fingerprint density at radius 3 is 1.71 bits per heavy atom. The van der Waals surface area contributed by atoms with E-state index in [1.807, 2.05) is 225 Å². The molecule has 0 bridgehead atoms. The number of ether oxygens (including phenoxy) is 2. The maximum absolute atomic E-state index is 15.1. The number of esters is 1. The number of nitrogens with zero attached hydrogens (tertiary/aromatic N) is 6. The van der Waals surface area contributed by atoms with E-state index in [1.54, 1.807) is 16.6 Å². The quantitative estimate of drug-likeness (QED) is 0.0159. The number of nitrogens with one attached hydrogen (secondary N) is 3. The van der Waals surface area contributed by atoms with Gasteiger partial charge in [0.05, 0.1) is 11.2 Å². The highest BCUT2D eigenvalue weighted by Gasteiger charge is 2.55. The fraction of sp³-hybridized carbons (Fsp3) is 0.123. The number of oxime groups is 1. The van der Waals surface area contributed by atoms with Crippen molar-refractivity contribution in [1.29, 1.82) is 0 Å². The number of thiazole rings is 1. The van der Waals surface area contributed by atoms with Crippen molar-refractivity contribution < 1.29 is 33.9 Å². The molecule has 3 amide bonds. The third-order valence-electron chi connectivity index (χ3n) is 14.5. The Labute approximate surface area is 496 Å². The van der Waals surface area contributed by atoms with Crippen LogP contribution in [0.3, 0.4) is 0 Å². The van der Waals surface area contributed by atoms with Gasteiger partial charge in [0.15, 0.2) is 28.9 Å². The Morgan fingerprint density at radius 1 is 0.726 bits per heavy atom. The number of allylic oxidation sites excluding steroid dienone is 1. The molecule has 84 heavy (non-hydrogen) atoms.